The summed E-state index contributed by atoms with van der Waals surface area (Å²) < 4.78 is 0. The van der Waals surface area contributed by atoms with Gasteiger partial charge < -0.3 is 0 Å². The Kier molecular flexibility index (Phi) is 4.98. The predicted molar refractivity (Wildman–Crippen MR) is 75.2 cm³/mol. The molecule has 4 heteroatoms. The van der Waals surface area contributed by atoms with Gasteiger partial charge in [0.2, 0.25) is 0 Å². The molecule has 1 aromatic rings. The van der Waals surface area contributed by atoms with Gasteiger partial charge in [0.15, 0.2) is 0 Å². The number of benzene rings is 1. The van der Waals surface area contributed by atoms with Crippen LogP contribution >= 0.6 is 34.8 Å². The number of hydrogen-bond acceptors (Lipinski definition) is 1. The van der Waals surface area contributed by atoms with Gasteiger partial charge in [0, 0.05) is 19.0 Å². The molecule has 0 radical (unpaired) electrons. The number of hydrogen-bond donors (Lipinski definition) is 0. The molecule has 1 heterocycles. The molecule has 1 atom stereocenters. The second kappa shape index (κ2) is 6.29. The molecule has 0 aliphatic carbocycles. The van der Waals surface area contributed by atoms with E-state index in [0.717, 1.165) is 43.4 Å². The zero-order valence-corrected chi connectivity index (χ0v) is 11.9. The average Bonchev–Trinajstić information content (AvgIpc) is 2.73. The van der Waals surface area contributed by atoms with Gasteiger partial charge in [-0.15, -0.1) is 11.6 Å². The van der Waals surface area contributed by atoms with E-state index >= 15 is 0 Å². The standard InChI is InChI=1S/C13H16Cl3N/c14-6-4-10-5-7-17(8-10)9-11-2-1-3-12(15)13(11)16/h1-3,10H,4-9H2. The van der Waals surface area contributed by atoms with Crippen molar-refractivity contribution in [1.82, 2.24) is 4.90 Å². The Morgan fingerprint density at radius 2 is 2.12 bits per heavy atom. The number of halogens is 3. The van der Waals surface area contributed by atoms with E-state index in [0.29, 0.717) is 10.0 Å². The summed E-state index contributed by atoms with van der Waals surface area (Å²) in [5.74, 6) is 1.50. The first-order chi connectivity index (χ1) is 8.20. The maximum Gasteiger partial charge on any atom is 0.0637 e. The molecule has 17 heavy (non-hydrogen) atoms. The second-order valence-corrected chi connectivity index (χ2v) is 5.74. The highest BCUT2D eigenvalue weighted by Crippen LogP contribution is 2.28. The van der Waals surface area contributed by atoms with E-state index in [1.54, 1.807) is 0 Å². The number of likely N-dealkylation sites (tertiary alicyclic amines) is 1. The minimum atomic E-state index is 0.640. The summed E-state index contributed by atoms with van der Waals surface area (Å²) >= 11 is 18.0. The topological polar surface area (TPSA) is 3.24 Å². The molecular weight excluding hydrogens is 277 g/mol. The predicted octanol–water partition coefficient (Wildman–Crippen LogP) is 4.44. The smallest absolute Gasteiger partial charge is 0.0637 e. The molecule has 0 spiro atoms. The fourth-order valence-corrected chi connectivity index (χ4v) is 3.05. The number of alkyl halides is 1. The Labute approximate surface area is 118 Å². The summed E-state index contributed by atoms with van der Waals surface area (Å²) in [4.78, 5) is 2.43. The van der Waals surface area contributed by atoms with E-state index < -0.39 is 0 Å². The van der Waals surface area contributed by atoms with Crippen LogP contribution in [0, 0.1) is 5.92 Å². The van der Waals surface area contributed by atoms with Crippen molar-refractivity contribution in [2.24, 2.45) is 5.92 Å². The molecule has 1 fully saturated rings. The molecule has 1 nitrogen and oxygen atoms in total. The van der Waals surface area contributed by atoms with Crippen molar-refractivity contribution in [2.45, 2.75) is 19.4 Å². The van der Waals surface area contributed by atoms with E-state index in [9.17, 15) is 0 Å². The first-order valence-electron chi connectivity index (χ1n) is 5.92. The van der Waals surface area contributed by atoms with Crippen molar-refractivity contribution in [3.63, 3.8) is 0 Å². The Hall–Kier alpha value is 0.0500. The van der Waals surface area contributed by atoms with Crippen LogP contribution in [0.25, 0.3) is 0 Å². The van der Waals surface area contributed by atoms with Crippen LogP contribution in [0.4, 0.5) is 0 Å². The second-order valence-electron chi connectivity index (χ2n) is 4.58. The van der Waals surface area contributed by atoms with Gasteiger partial charge in [0.25, 0.3) is 0 Å². The van der Waals surface area contributed by atoms with Crippen LogP contribution in [0.1, 0.15) is 18.4 Å². The molecule has 1 unspecified atom stereocenters. The quantitative estimate of drug-likeness (QED) is 0.741. The maximum absolute atomic E-state index is 6.19. The van der Waals surface area contributed by atoms with Crippen LogP contribution in [0.15, 0.2) is 18.2 Å². The van der Waals surface area contributed by atoms with Gasteiger partial charge >= 0.3 is 0 Å². The molecule has 1 aliphatic rings. The number of nitrogens with zero attached hydrogens (tertiary/aromatic N) is 1. The first kappa shape index (κ1) is 13.5. The summed E-state index contributed by atoms with van der Waals surface area (Å²) in [5, 5.41) is 1.33. The van der Waals surface area contributed by atoms with Crippen LogP contribution in [0.3, 0.4) is 0 Å². The van der Waals surface area contributed by atoms with Gasteiger partial charge in [0.1, 0.15) is 0 Å². The molecule has 2 rings (SSSR count). The summed E-state index contributed by atoms with van der Waals surface area (Å²) in [5.41, 5.74) is 1.12. The maximum atomic E-state index is 6.19. The normalized spacial score (nSPS) is 21.0. The lowest BCUT2D eigenvalue weighted by Crippen LogP contribution is -2.20. The van der Waals surface area contributed by atoms with Crippen molar-refractivity contribution in [1.29, 1.82) is 0 Å². The molecular formula is C13H16Cl3N. The van der Waals surface area contributed by atoms with Gasteiger partial charge in [-0.2, -0.15) is 0 Å². The summed E-state index contributed by atoms with van der Waals surface area (Å²) in [7, 11) is 0. The van der Waals surface area contributed by atoms with Gasteiger partial charge in [-0.05, 0) is 36.9 Å². The molecule has 1 aliphatic heterocycles. The van der Waals surface area contributed by atoms with Crippen molar-refractivity contribution in [2.75, 3.05) is 19.0 Å². The molecule has 1 saturated heterocycles. The summed E-state index contributed by atoms with van der Waals surface area (Å²) in [6, 6.07) is 5.83. The fraction of sp³-hybridized carbons (Fsp3) is 0.538. The van der Waals surface area contributed by atoms with Gasteiger partial charge in [-0.25, -0.2) is 0 Å². The molecule has 0 N–H and O–H groups in total. The van der Waals surface area contributed by atoms with Crippen LogP contribution in [0.5, 0.6) is 0 Å². The first-order valence-corrected chi connectivity index (χ1v) is 7.21. The summed E-state index contributed by atoms with van der Waals surface area (Å²) in [6.07, 6.45) is 2.35. The van der Waals surface area contributed by atoms with Crippen molar-refractivity contribution < 1.29 is 0 Å². The highest BCUT2D eigenvalue weighted by Gasteiger charge is 2.22. The minimum Gasteiger partial charge on any atom is -0.299 e. The van der Waals surface area contributed by atoms with E-state index in [1.807, 2.05) is 18.2 Å². The SMILES string of the molecule is ClCCC1CCN(Cc2cccc(Cl)c2Cl)C1. The van der Waals surface area contributed by atoms with Gasteiger partial charge in [-0.3, -0.25) is 4.90 Å². The third-order valence-electron chi connectivity index (χ3n) is 3.31. The molecule has 1 aromatic carbocycles. The van der Waals surface area contributed by atoms with Gasteiger partial charge in [-0.1, -0.05) is 35.3 Å². The lowest BCUT2D eigenvalue weighted by atomic mass is 10.1. The van der Waals surface area contributed by atoms with Gasteiger partial charge in [0.05, 0.1) is 10.0 Å². The third-order valence-corrected chi connectivity index (χ3v) is 4.39. The van der Waals surface area contributed by atoms with E-state index in [4.69, 9.17) is 34.8 Å². The molecule has 0 bridgehead atoms. The zero-order valence-electron chi connectivity index (χ0n) is 9.63. The molecule has 0 amide bonds. The Morgan fingerprint density at radius 1 is 1.29 bits per heavy atom. The van der Waals surface area contributed by atoms with E-state index in [-0.39, 0.29) is 0 Å². The van der Waals surface area contributed by atoms with Crippen LogP contribution in [0.2, 0.25) is 10.0 Å². The lowest BCUT2D eigenvalue weighted by Gasteiger charge is -2.17. The minimum absolute atomic E-state index is 0.640. The van der Waals surface area contributed by atoms with E-state index in [1.165, 1.54) is 6.42 Å². The van der Waals surface area contributed by atoms with Crippen molar-refractivity contribution in [3.05, 3.63) is 33.8 Å². The Balaban J connectivity index is 1.96. The Morgan fingerprint density at radius 3 is 2.88 bits per heavy atom. The van der Waals surface area contributed by atoms with Crippen molar-refractivity contribution in [3.8, 4) is 0 Å². The largest absolute Gasteiger partial charge is 0.299 e. The van der Waals surface area contributed by atoms with Crippen molar-refractivity contribution >= 4 is 34.8 Å². The number of rotatable bonds is 4. The van der Waals surface area contributed by atoms with Crippen LogP contribution in [-0.2, 0) is 6.54 Å². The molecule has 0 saturated carbocycles. The van der Waals surface area contributed by atoms with Crippen LogP contribution in [-0.4, -0.2) is 23.9 Å². The highest BCUT2D eigenvalue weighted by molar-refractivity contribution is 6.42. The monoisotopic (exact) mass is 291 g/mol. The van der Waals surface area contributed by atoms with Crippen LogP contribution < -0.4 is 0 Å². The van der Waals surface area contributed by atoms with E-state index in [2.05, 4.69) is 4.90 Å². The lowest BCUT2D eigenvalue weighted by molar-refractivity contribution is 0.315. The zero-order chi connectivity index (χ0) is 12.3. The molecule has 94 valence electrons. The third kappa shape index (κ3) is 3.51. The Bertz CT molecular complexity index is 381. The average molecular weight is 293 g/mol. The highest BCUT2D eigenvalue weighted by atomic mass is 35.5. The summed E-state index contributed by atoms with van der Waals surface area (Å²) in [6.45, 7) is 3.14. The molecule has 0 aromatic heterocycles. The fourth-order valence-electron chi connectivity index (χ4n) is 2.36.